The minimum atomic E-state index is -0.777. The van der Waals surface area contributed by atoms with E-state index >= 15 is 0 Å². The molecule has 0 aliphatic carbocycles. The van der Waals surface area contributed by atoms with Crippen LogP contribution in [0.3, 0.4) is 0 Å². The molecule has 0 saturated carbocycles. The number of methoxy groups -OCH3 is 1. The second-order valence-corrected chi connectivity index (χ2v) is 6.67. The predicted molar refractivity (Wildman–Crippen MR) is 112 cm³/mol. The number of carbonyl (C=O) groups is 2. The number of benzene rings is 2. The van der Waals surface area contributed by atoms with Crippen LogP contribution in [0.25, 0.3) is 0 Å². The maximum atomic E-state index is 12.5. The first-order valence-electron chi connectivity index (χ1n) is 9.05. The summed E-state index contributed by atoms with van der Waals surface area (Å²) in [6.45, 7) is 2.04. The topological polar surface area (TPSA) is 94.1 Å². The summed E-state index contributed by atoms with van der Waals surface area (Å²) in [5, 5.41) is 12.2. The molecule has 0 spiro atoms. The van der Waals surface area contributed by atoms with Crippen molar-refractivity contribution >= 4 is 30.4 Å². The van der Waals surface area contributed by atoms with Crippen molar-refractivity contribution < 1.29 is 28.9 Å². The maximum Gasteiger partial charge on any atom is 0.412 e. The van der Waals surface area contributed by atoms with Crippen LogP contribution in [0.4, 0.5) is 10.5 Å². The maximum absolute atomic E-state index is 12.5. The van der Waals surface area contributed by atoms with E-state index in [2.05, 4.69) is 17.9 Å². The Morgan fingerprint density at radius 1 is 1.10 bits per heavy atom. The molecule has 8 heteroatoms. The van der Waals surface area contributed by atoms with Crippen LogP contribution in [-0.2, 0) is 19.0 Å². The molecule has 0 radical (unpaired) electrons. The van der Waals surface area contributed by atoms with E-state index in [1.165, 1.54) is 19.2 Å². The molecule has 0 bridgehead atoms. The molecule has 2 atom stereocenters. The van der Waals surface area contributed by atoms with Gasteiger partial charge in [-0.25, -0.2) is 4.79 Å². The van der Waals surface area contributed by atoms with E-state index in [1.54, 1.807) is 24.3 Å². The molecule has 156 valence electrons. The SMILES string of the molecule is CO[C@@H](CCOC(=O)CS)[C@@H](OC(=O)Nc1ccc(C)cc1)c1ccc(O)cc1. The van der Waals surface area contributed by atoms with Gasteiger partial charge in [0.15, 0.2) is 6.10 Å². The number of phenolic OH excluding ortho intramolecular Hbond substituents is 1. The molecule has 0 heterocycles. The van der Waals surface area contributed by atoms with E-state index in [-0.39, 0.29) is 18.1 Å². The molecule has 2 N–H and O–H groups in total. The van der Waals surface area contributed by atoms with E-state index in [9.17, 15) is 14.7 Å². The van der Waals surface area contributed by atoms with E-state index in [4.69, 9.17) is 14.2 Å². The number of hydrogen-bond acceptors (Lipinski definition) is 7. The van der Waals surface area contributed by atoms with Gasteiger partial charge < -0.3 is 19.3 Å². The summed E-state index contributed by atoms with van der Waals surface area (Å²) < 4.78 is 16.2. The second-order valence-electron chi connectivity index (χ2n) is 6.35. The first kappa shape index (κ1) is 22.6. The fourth-order valence-electron chi connectivity index (χ4n) is 2.65. The standard InChI is InChI=1S/C21H25NO6S/c1-14-3-7-16(8-4-14)22-21(25)28-20(15-5-9-17(23)10-6-15)18(26-2)11-12-27-19(24)13-29/h3-10,18,20,23,29H,11-13H2,1-2H3,(H,22,25)/t18-,20-/m0/s1. The van der Waals surface area contributed by atoms with Crippen LogP contribution in [0.2, 0.25) is 0 Å². The highest BCUT2D eigenvalue weighted by Gasteiger charge is 2.27. The van der Waals surface area contributed by atoms with Gasteiger partial charge in [0.05, 0.1) is 12.4 Å². The molecule has 0 aromatic heterocycles. The Balaban J connectivity index is 2.12. The lowest BCUT2D eigenvalue weighted by molar-refractivity contribution is -0.141. The third-order valence-electron chi connectivity index (χ3n) is 4.19. The van der Waals surface area contributed by atoms with Crippen molar-refractivity contribution in [1.82, 2.24) is 0 Å². The number of carbonyl (C=O) groups excluding carboxylic acids is 2. The molecule has 2 aromatic rings. The monoisotopic (exact) mass is 419 g/mol. The summed E-state index contributed by atoms with van der Waals surface area (Å²) in [5.74, 6) is -0.371. The van der Waals surface area contributed by atoms with Crippen LogP contribution in [-0.4, -0.2) is 42.7 Å². The largest absolute Gasteiger partial charge is 0.508 e. The summed E-state index contributed by atoms with van der Waals surface area (Å²) in [4.78, 5) is 23.8. The Morgan fingerprint density at radius 2 is 1.76 bits per heavy atom. The fraction of sp³-hybridized carbons (Fsp3) is 0.333. The molecule has 0 aliphatic heterocycles. The lowest BCUT2D eigenvalue weighted by Crippen LogP contribution is -2.29. The van der Waals surface area contributed by atoms with E-state index in [0.717, 1.165) is 5.56 Å². The number of amides is 1. The minimum absolute atomic E-state index is 0.0193. The van der Waals surface area contributed by atoms with E-state index in [1.807, 2.05) is 19.1 Å². The summed E-state index contributed by atoms with van der Waals surface area (Å²) >= 11 is 3.86. The summed E-state index contributed by atoms with van der Waals surface area (Å²) in [6, 6.07) is 13.6. The first-order chi connectivity index (χ1) is 13.9. The van der Waals surface area contributed by atoms with Crippen molar-refractivity contribution in [1.29, 1.82) is 0 Å². The fourth-order valence-corrected chi connectivity index (χ4v) is 2.74. The number of nitrogens with one attached hydrogen (secondary N) is 1. The zero-order chi connectivity index (χ0) is 21.2. The quantitative estimate of drug-likeness (QED) is 0.422. The molecule has 0 unspecified atom stereocenters. The lowest BCUT2D eigenvalue weighted by atomic mass is 10.0. The van der Waals surface area contributed by atoms with Crippen LogP contribution in [0.15, 0.2) is 48.5 Å². The smallest absolute Gasteiger partial charge is 0.412 e. The number of phenols is 1. The molecule has 2 rings (SSSR count). The van der Waals surface area contributed by atoms with Gasteiger partial charge in [0.1, 0.15) is 11.9 Å². The lowest BCUT2D eigenvalue weighted by Gasteiger charge is -2.26. The number of esters is 1. The molecule has 1 amide bonds. The van der Waals surface area contributed by atoms with Gasteiger partial charge in [0.2, 0.25) is 0 Å². The van der Waals surface area contributed by atoms with Crippen LogP contribution in [0.5, 0.6) is 5.75 Å². The van der Waals surface area contributed by atoms with Crippen LogP contribution >= 0.6 is 12.6 Å². The number of thiol groups is 1. The third kappa shape index (κ3) is 7.32. The van der Waals surface area contributed by atoms with Crippen LogP contribution in [0, 0.1) is 6.92 Å². The number of aryl methyl sites for hydroxylation is 1. The molecule has 0 fully saturated rings. The van der Waals surface area contributed by atoms with Crippen molar-refractivity contribution in [3.05, 3.63) is 59.7 Å². The zero-order valence-corrected chi connectivity index (χ0v) is 17.2. The molecule has 0 aliphatic rings. The van der Waals surface area contributed by atoms with Gasteiger partial charge in [-0.2, -0.15) is 12.6 Å². The summed E-state index contributed by atoms with van der Waals surface area (Å²) in [7, 11) is 1.49. The molecule has 2 aromatic carbocycles. The molecule has 0 saturated heterocycles. The van der Waals surface area contributed by atoms with Gasteiger partial charge in [-0.15, -0.1) is 0 Å². The highest BCUT2D eigenvalue weighted by molar-refractivity contribution is 7.81. The Bertz CT molecular complexity index is 794. The number of hydrogen-bond donors (Lipinski definition) is 3. The normalized spacial score (nSPS) is 12.7. The molecular formula is C21H25NO6S. The van der Waals surface area contributed by atoms with Gasteiger partial charge in [0, 0.05) is 19.2 Å². The van der Waals surface area contributed by atoms with Gasteiger partial charge >= 0.3 is 12.1 Å². The van der Waals surface area contributed by atoms with Crippen molar-refractivity contribution in [2.75, 3.05) is 24.8 Å². The van der Waals surface area contributed by atoms with E-state index < -0.39 is 24.3 Å². The summed E-state index contributed by atoms with van der Waals surface area (Å²) in [5.41, 5.74) is 2.30. The van der Waals surface area contributed by atoms with E-state index in [0.29, 0.717) is 17.7 Å². The second kappa shape index (κ2) is 11.3. The Labute approximate surface area is 175 Å². The van der Waals surface area contributed by atoms with Gasteiger partial charge in [-0.3, -0.25) is 10.1 Å². The van der Waals surface area contributed by atoms with Gasteiger partial charge in [-0.1, -0.05) is 29.8 Å². The molecular weight excluding hydrogens is 394 g/mol. The Kier molecular flexibility index (Phi) is 8.82. The van der Waals surface area contributed by atoms with Crippen LogP contribution in [0.1, 0.15) is 23.7 Å². The molecule has 7 nitrogen and oxygen atoms in total. The number of ether oxygens (including phenoxy) is 3. The first-order valence-corrected chi connectivity index (χ1v) is 9.68. The summed E-state index contributed by atoms with van der Waals surface area (Å²) in [6.07, 6.45) is -1.70. The average Bonchev–Trinajstić information content (AvgIpc) is 2.72. The van der Waals surface area contributed by atoms with Crippen molar-refractivity contribution in [3.63, 3.8) is 0 Å². The van der Waals surface area contributed by atoms with Gasteiger partial charge in [0.25, 0.3) is 0 Å². The number of aromatic hydroxyl groups is 1. The van der Waals surface area contributed by atoms with Crippen molar-refractivity contribution in [2.24, 2.45) is 0 Å². The van der Waals surface area contributed by atoms with Gasteiger partial charge in [-0.05, 0) is 36.8 Å². The highest BCUT2D eigenvalue weighted by atomic mass is 32.1. The number of rotatable bonds is 9. The Hall–Kier alpha value is -2.71. The molecule has 29 heavy (non-hydrogen) atoms. The minimum Gasteiger partial charge on any atom is -0.508 e. The number of anilines is 1. The third-order valence-corrected chi connectivity index (χ3v) is 4.45. The average molecular weight is 419 g/mol. The Morgan fingerprint density at radius 3 is 2.34 bits per heavy atom. The van der Waals surface area contributed by atoms with Crippen LogP contribution < -0.4 is 5.32 Å². The van der Waals surface area contributed by atoms with Crippen molar-refractivity contribution in [3.8, 4) is 5.75 Å². The zero-order valence-electron chi connectivity index (χ0n) is 16.3. The van der Waals surface area contributed by atoms with Crippen molar-refractivity contribution in [2.45, 2.75) is 25.6 Å². The highest BCUT2D eigenvalue weighted by Crippen LogP contribution is 2.28. The predicted octanol–water partition coefficient (Wildman–Crippen LogP) is 3.87.